The normalized spacial score (nSPS) is 20.1. The third-order valence-electron chi connectivity index (χ3n) is 1.17. The number of rotatable bonds is 4. The summed E-state index contributed by atoms with van der Waals surface area (Å²) in [4.78, 5) is 0. The average Bonchev–Trinajstić information content (AvgIpc) is 1.82. The fourth-order valence-corrected chi connectivity index (χ4v) is 0.477. The predicted molar refractivity (Wildman–Crippen MR) is 39.3 cm³/mol. The Balaban J connectivity index is 3.30. The summed E-state index contributed by atoms with van der Waals surface area (Å²) in [5.74, 6) is 0. The number of hydrogen-bond donors (Lipinski definition) is 4. The van der Waals surface area contributed by atoms with Gasteiger partial charge in [-0.15, -0.1) is 0 Å². The average molecular weight is 148 g/mol. The number of hydrogen-bond acceptors (Lipinski definition) is 4. The van der Waals surface area contributed by atoms with Gasteiger partial charge in [-0.1, -0.05) is 0 Å². The Morgan fingerprint density at radius 1 is 1.40 bits per heavy atom. The highest BCUT2D eigenvalue weighted by Crippen LogP contribution is 1.83. The molecule has 0 aromatic heterocycles. The van der Waals surface area contributed by atoms with Crippen LogP contribution >= 0.6 is 0 Å². The molecule has 5 N–H and O–H groups in total. The monoisotopic (exact) mass is 148 g/mol. The van der Waals surface area contributed by atoms with Crippen molar-refractivity contribution >= 4 is 0 Å². The van der Waals surface area contributed by atoms with Crippen molar-refractivity contribution in [3.05, 3.63) is 0 Å². The summed E-state index contributed by atoms with van der Waals surface area (Å²) in [6, 6.07) is 0. The molecule has 0 aliphatic heterocycles. The molecule has 62 valence electrons. The number of aliphatic hydroxyl groups is 2. The molecule has 0 bridgehead atoms. The minimum Gasteiger partial charge on any atom is -0.392 e. The molecule has 0 radical (unpaired) electrons. The third-order valence-corrected chi connectivity index (χ3v) is 1.17. The maximum Gasteiger partial charge on any atom is 0.0812 e. The molecule has 0 aromatic rings. The molecule has 0 saturated heterocycles. The highest BCUT2D eigenvalue weighted by atomic mass is 16.3. The Kier molecular flexibility index (Phi) is 4.55. The van der Waals surface area contributed by atoms with Crippen molar-refractivity contribution < 1.29 is 10.2 Å². The van der Waals surface area contributed by atoms with Crippen molar-refractivity contribution in [3.63, 3.8) is 0 Å². The third kappa shape index (κ3) is 4.69. The van der Waals surface area contributed by atoms with E-state index in [2.05, 4.69) is 5.32 Å². The Labute approximate surface area is 61.0 Å². The van der Waals surface area contributed by atoms with Crippen LogP contribution in [0.1, 0.15) is 13.8 Å². The maximum atomic E-state index is 8.86. The first-order valence-corrected chi connectivity index (χ1v) is 3.39. The van der Waals surface area contributed by atoms with Crippen LogP contribution in [0.5, 0.6) is 0 Å². The molecule has 0 rings (SSSR count). The Morgan fingerprint density at radius 2 is 1.90 bits per heavy atom. The molecule has 1 unspecified atom stereocenters. The Morgan fingerprint density at radius 3 is 2.20 bits per heavy atom. The van der Waals surface area contributed by atoms with E-state index in [1.807, 2.05) is 0 Å². The summed E-state index contributed by atoms with van der Waals surface area (Å²) in [6.45, 7) is 3.66. The van der Waals surface area contributed by atoms with Crippen molar-refractivity contribution in [2.45, 2.75) is 32.2 Å². The van der Waals surface area contributed by atoms with Crippen LogP contribution in [0.2, 0.25) is 0 Å². The van der Waals surface area contributed by atoms with Gasteiger partial charge in [0.15, 0.2) is 0 Å². The van der Waals surface area contributed by atoms with Crippen LogP contribution in [0.25, 0.3) is 0 Å². The standard InChI is InChI=1S/C6H16N2O2/c1-4(9)3-8-6(7)5(2)10/h4-6,8-10H,3,7H2,1-2H3/t4-,5+,6?/m1/s1. The topological polar surface area (TPSA) is 78.5 Å². The minimum absolute atomic E-state index is 0.409. The summed E-state index contributed by atoms with van der Waals surface area (Å²) < 4.78 is 0. The fraction of sp³-hybridized carbons (Fsp3) is 1.00. The van der Waals surface area contributed by atoms with Crippen LogP contribution in [0.3, 0.4) is 0 Å². The molecule has 0 saturated carbocycles. The zero-order valence-electron chi connectivity index (χ0n) is 6.41. The van der Waals surface area contributed by atoms with E-state index in [0.717, 1.165) is 0 Å². The second-order valence-electron chi connectivity index (χ2n) is 2.52. The lowest BCUT2D eigenvalue weighted by molar-refractivity contribution is 0.129. The summed E-state index contributed by atoms with van der Waals surface area (Å²) in [6.07, 6.45) is -1.46. The van der Waals surface area contributed by atoms with Crippen LogP contribution in [0.4, 0.5) is 0 Å². The van der Waals surface area contributed by atoms with E-state index in [4.69, 9.17) is 15.9 Å². The van der Waals surface area contributed by atoms with E-state index in [-0.39, 0.29) is 0 Å². The minimum atomic E-state index is -0.584. The molecule has 0 aliphatic carbocycles. The van der Waals surface area contributed by atoms with Gasteiger partial charge >= 0.3 is 0 Å². The van der Waals surface area contributed by atoms with Crippen LogP contribution in [-0.2, 0) is 0 Å². The zero-order chi connectivity index (χ0) is 8.15. The van der Waals surface area contributed by atoms with E-state index < -0.39 is 18.4 Å². The number of nitrogens with one attached hydrogen (secondary N) is 1. The molecule has 4 nitrogen and oxygen atoms in total. The molecule has 0 aliphatic rings. The van der Waals surface area contributed by atoms with Crippen LogP contribution < -0.4 is 11.1 Å². The Bertz CT molecular complexity index is 85.8. The molecular formula is C6H16N2O2. The first-order valence-electron chi connectivity index (χ1n) is 3.39. The van der Waals surface area contributed by atoms with E-state index >= 15 is 0 Å². The highest BCUT2D eigenvalue weighted by Gasteiger charge is 2.07. The lowest BCUT2D eigenvalue weighted by Crippen LogP contribution is -2.47. The smallest absolute Gasteiger partial charge is 0.0812 e. The SMILES string of the molecule is C[C@H](O)C(N)NC[C@@H](C)O. The molecule has 0 spiro atoms. The van der Waals surface area contributed by atoms with Gasteiger partial charge in [-0.25, -0.2) is 0 Å². The molecule has 4 heteroatoms. The lowest BCUT2D eigenvalue weighted by atomic mass is 10.3. The zero-order valence-corrected chi connectivity index (χ0v) is 6.41. The van der Waals surface area contributed by atoms with Gasteiger partial charge in [-0.3, -0.25) is 5.32 Å². The Hall–Kier alpha value is -0.160. The first kappa shape index (κ1) is 9.84. The van der Waals surface area contributed by atoms with Gasteiger partial charge in [0.05, 0.1) is 18.4 Å². The predicted octanol–water partition coefficient (Wildman–Crippen LogP) is -1.38. The molecule has 0 heterocycles. The van der Waals surface area contributed by atoms with Crippen LogP contribution in [0, 0.1) is 0 Å². The van der Waals surface area contributed by atoms with Gasteiger partial charge in [0.2, 0.25) is 0 Å². The second kappa shape index (κ2) is 4.62. The summed E-state index contributed by atoms with van der Waals surface area (Å²) in [5.41, 5.74) is 5.39. The number of aliphatic hydroxyl groups excluding tert-OH is 2. The van der Waals surface area contributed by atoms with E-state index in [1.54, 1.807) is 13.8 Å². The van der Waals surface area contributed by atoms with Crippen LogP contribution in [0.15, 0.2) is 0 Å². The van der Waals surface area contributed by atoms with Gasteiger partial charge in [0.1, 0.15) is 0 Å². The van der Waals surface area contributed by atoms with Gasteiger partial charge in [-0.05, 0) is 13.8 Å². The van der Waals surface area contributed by atoms with E-state index in [9.17, 15) is 0 Å². The molecule has 3 atom stereocenters. The molecule has 0 amide bonds. The van der Waals surface area contributed by atoms with E-state index in [1.165, 1.54) is 0 Å². The van der Waals surface area contributed by atoms with Crippen molar-refractivity contribution in [3.8, 4) is 0 Å². The molecule has 0 aromatic carbocycles. The molecule has 10 heavy (non-hydrogen) atoms. The van der Waals surface area contributed by atoms with Gasteiger partial charge in [0, 0.05) is 6.54 Å². The van der Waals surface area contributed by atoms with E-state index in [0.29, 0.717) is 6.54 Å². The molecular weight excluding hydrogens is 132 g/mol. The highest BCUT2D eigenvalue weighted by molar-refractivity contribution is 4.65. The summed E-state index contributed by atoms with van der Waals surface area (Å²) in [7, 11) is 0. The van der Waals surface area contributed by atoms with Gasteiger partial charge in [0.25, 0.3) is 0 Å². The van der Waals surface area contributed by atoms with Crippen molar-refractivity contribution in [2.75, 3.05) is 6.54 Å². The fourth-order valence-electron chi connectivity index (χ4n) is 0.477. The van der Waals surface area contributed by atoms with Gasteiger partial charge < -0.3 is 15.9 Å². The van der Waals surface area contributed by atoms with Gasteiger partial charge in [-0.2, -0.15) is 0 Å². The first-order chi connectivity index (χ1) is 4.54. The quantitative estimate of drug-likeness (QED) is 0.371. The number of nitrogens with two attached hydrogens (primary N) is 1. The second-order valence-corrected chi connectivity index (χ2v) is 2.52. The van der Waals surface area contributed by atoms with Crippen molar-refractivity contribution in [1.82, 2.24) is 5.32 Å². The summed E-state index contributed by atoms with van der Waals surface area (Å²) in [5, 5.41) is 20.4. The summed E-state index contributed by atoms with van der Waals surface area (Å²) >= 11 is 0. The molecule has 0 fully saturated rings. The lowest BCUT2D eigenvalue weighted by Gasteiger charge is -2.17. The largest absolute Gasteiger partial charge is 0.392 e. The maximum absolute atomic E-state index is 8.86. The van der Waals surface area contributed by atoms with Crippen LogP contribution in [-0.4, -0.2) is 35.1 Å². The van der Waals surface area contributed by atoms with Crippen molar-refractivity contribution in [1.29, 1.82) is 0 Å². The van der Waals surface area contributed by atoms with Crippen molar-refractivity contribution in [2.24, 2.45) is 5.73 Å².